The molecule has 4 heteroatoms. The van der Waals surface area contributed by atoms with Gasteiger partial charge in [-0.3, -0.25) is 9.59 Å². The fourth-order valence-corrected chi connectivity index (χ4v) is 1.23. The van der Waals surface area contributed by atoms with E-state index in [1.54, 1.807) is 30.7 Å². The number of ether oxygens (including phenoxy) is 1. The Bertz CT molecular complexity index is 341. The third-order valence-electron chi connectivity index (χ3n) is 2.02. The number of aromatic nitrogens is 1. The maximum absolute atomic E-state index is 11.1. The minimum atomic E-state index is -0.272. The van der Waals surface area contributed by atoms with Crippen LogP contribution in [0.25, 0.3) is 0 Å². The van der Waals surface area contributed by atoms with Crippen LogP contribution in [0.1, 0.15) is 23.1 Å². The highest BCUT2D eigenvalue weighted by Crippen LogP contribution is 2.06. The van der Waals surface area contributed by atoms with Gasteiger partial charge in [-0.05, 0) is 19.1 Å². The van der Waals surface area contributed by atoms with Gasteiger partial charge in [0.25, 0.3) is 0 Å². The zero-order valence-corrected chi connectivity index (χ0v) is 8.32. The van der Waals surface area contributed by atoms with Crippen LogP contribution >= 0.6 is 0 Å². The molecule has 0 amide bonds. The number of carbonyl (C=O) groups is 2. The van der Waals surface area contributed by atoms with E-state index in [1.165, 1.54) is 0 Å². The lowest BCUT2D eigenvalue weighted by atomic mass is 10.3. The summed E-state index contributed by atoms with van der Waals surface area (Å²) in [5.74, 6) is -0.272. The van der Waals surface area contributed by atoms with Gasteiger partial charge >= 0.3 is 5.97 Å². The van der Waals surface area contributed by atoms with E-state index in [0.717, 1.165) is 12.0 Å². The number of carbonyl (C=O) groups excluding carboxylic acids is 2. The first-order valence-corrected chi connectivity index (χ1v) is 4.44. The Balaban J connectivity index is 2.72. The quantitative estimate of drug-likeness (QED) is 0.530. The molecule has 1 heterocycles. The Kier molecular flexibility index (Phi) is 3.45. The van der Waals surface area contributed by atoms with Gasteiger partial charge in [0.1, 0.15) is 0 Å². The Hall–Kier alpha value is -1.58. The van der Waals surface area contributed by atoms with Gasteiger partial charge in [0.05, 0.1) is 18.7 Å². The van der Waals surface area contributed by atoms with Gasteiger partial charge in [0.15, 0.2) is 6.29 Å². The number of hydrogen-bond donors (Lipinski definition) is 0. The smallest absolute Gasteiger partial charge is 0.311 e. The summed E-state index contributed by atoms with van der Waals surface area (Å²) >= 11 is 0. The highest BCUT2D eigenvalue weighted by molar-refractivity contribution is 5.75. The standard InChI is InChI=1S/C10H13NO3/c1-3-14-10(13)6-8-4-5-9(7-12)11(8)2/h4-5,7H,3,6H2,1-2H3. The Labute approximate surface area is 82.5 Å². The highest BCUT2D eigenvalue weighted by Gasteiger charge is 2.08. The summed E-state index contributed by atoms with van der Waals surface area (Å²) < 4.78 is 6.49. The molecular weight excluding hydrogens is 182 g/mol. The van der Waals surface area contributed by atoms with Crippen molar-refractivity contribution in [3.05, 3.63) is 23.5 Å². The molecule has 1 aromatic rings. The average Bonchev–Trinajstić information content (AvgIpc) is 2.48. The van der Waals surface area contributed by atoms with Gasteiger partial charge in [-0.15, -0.1) is 0 Å². The SMILES string of the molecule is CCOC(=O)Cc1ccc(C=O)n1C. The summed E-state index contributed by atoms with van der Waals surface area (Å²) in [5, 5.41) is 0. The first kappa shape index (κ1) is 10.5. The third-order valence-corrected chi connectivity index (χ3v) is 2.02. The average molecular weight is 195 g/mol. The molecular formula is C10H13NO3. The molecule has 0 spiro atoms. The maximum atomic E-state index is 11.1. The van der Waals surface area contributed by atoms with Crippen LogP contribution in [-0.2, 0) is 23.0 Å². The van der Waals surface area contributed by atoms with E-state index in [0.29, 0.717) is 12.3 Å². The van der Waals surface area contributed by atoms with E-state index in [1.807, 2.05) is 0 Å². The number of hydrogen-bond acceptors (Lipinski definition) is 3. The lowest BCUT2D eigenvalue weighted by molar-refractivity contribution is -0.142. The molecule has 14 heavy (non-hydrogen) atoms. The molecule has 1 aromatic heterocycles. The van der Waals surface area contributed by atoms with Gasteiger partial charge in [0, 0.05) is 12.7 Å². The third kappa shape index (κ3) is 2.22. The van der Waals surface area contributed by atoms with Crippen LogP contribution < -0.4 is 0 Å². The first-order valence-electron chi connectivity index (χ1n) is 4.44. The van der Waals surface area contributed by atoms with Gasteiger partial charge in [0.2, 0.25) is 0 Å². The fraction of sp³-hybridized carbons (Fsp3) is 0.400. The number of esters is 1. The molecule has 1 rings (SSSR count). The normalized spacial score (nSPS) is 9.86. The van der Waals surface area contributed by atoms with Crippen molar-refractivity contribution >= 4 is 12.3 Å². The monoisotopic (exact) mass is 195 g/mol. The van der Waals surface area contributed by atoms with E-state index >= 15 is 0 Å². The summed E-state index contributed by atoms with van der Waals surface area (Å²) in [4.78, 5) is 21.7. The van der Waals surface area contributed by atoms with E-state index in [9.17, 15) is 9.59 Å². The van der Waals surface area contributed by atoms with Gasteiger partial charge < -0.3 is 9.30 Å². The second kappa shape index (κ2) is 4.60. The van der Waals surface area contributed by atoms with Gasteiger partial charge in [-0.1, -0.05) is 0 Å². The molecule has 0 saturated carbocycles. The van der Waals surface area contributed by atoms with Crippen LogP contribution in [0.3, 0.4) is 0 Å². The molecule has 0 fully saturated rings. The minimum absolute atomic E-state index is 0.207. The summed E-state index contributed by atoms with van der Waals surface area (Å²) in [6.45, 7) is 2.14. The van der Waals surface area contributed by atoms with Crippen LogP contribution in [0.2, 0.25) is 0 Å². The van der Waals surface area contributed by atoms with Crippen molar-refractivity contribution in [1.29, 1.82) is 0 Å². The predicted molar refractivity (Wildman–Crippen MR) is 51.1 cm³/mol. The van der Waals surface area contributed by atoms with E-state index in [2.05, 4.69) is 0 Å². The second-order valence-electron chi connectivity index (χ2n) is 2.91. The van der Waals surface area contributed by atoms with Crippen LogP contribution in [0, 0.1) is 0 Å². The molecule has 0 aliphatic rings. The summed E-state index contributed by atoms with van der Waals surface area (Å²) in [7, 11) is 1.75. The number of rotatable bonds is 4. The zero-order chi connectivity index (χ0) is 10.6. The van der Waals surface area contributed by atoms with Crippen LogP contribution in [0.4, 0.5) is 0 Å². The molecule has 4 nitrogen and oxygen atoms in total. The molecule has 76 valence electrons. The minimum Gasteiger partial charge on any atom is -0.466 e. The molecule has 0 bridgehead atoms. The van der Waals surface area contributed by atoms with Gasteiger partial charge in [-0.25, -0.2) is 0 Å². The fourth-order valence-electron chi connectivity index (χ4n) is 1.23. The molecule has 0 aromatic carbocycles. The lowest BCUT2D eigenvalue weighted by Crippen LogP contribution is -2.11. The second-order valence-corrected chi connectivity index (χ2v) is 2.91. The van der Waals surface area contributed by atoms with Gasteiger partial charge in [-0.2, -0.15) is 0 Å². The van der Waals surface area contributed by atoms with Crippen molar-refractivity contribution in [2.45, 2.75) is 13.3 Å². The van der Waals surface area contributed by atoms with E-state index in [4.69, 9.17) is 4.74 Å². The Morgan fingerprint density at radius 2 is 2.29 bits per heavy atom. The zero-order valence-electron chi connectivity index (χ0n) is 8.32. The van der Waals surface area contributed by atoms with Crippen molar-refractivity contribution in [1.82, 2.24) is 4.57 Å². The molecule has 0 aliphatic carbocycles. The van der Waals surface area contributed by atoms with Crippen LogP contribution in [-0.4, -0.2) is 23.4 Å². The molecule has 0 N–H and O–H groups in total. The van der Waals surface area contributed by atoms with Crippen molar-refractivity contribution in [2.75, 3.05) is 6.61 Å². The van der Waals surface area contributed by atoms with Crippen molar-refractivity contribution < 1.29 is 14.3 Å². The summed E-state index contributed by atoms with van der Waals surface area (Å²) in [5.41, 5.74) is 1.34. The van der Waals surface area contributed by atoms with Crippen molar-refractivity contribution in [3.63, 3.8) is 0 Å². The Morgan fingerprint density at radius 3 is 2.79 bits per heavy atom. The largest absolute Gasteiger partial charge is 0.466 e. The summed E-state index contributed by atoms with van der Waals surface area (Å²) in [6, 6.07) is 3.43. The molecule has 0 radical (unpaired) electrons. The molecule has 0 aliphatic heterocycles. The van der Waals surface area contributed by atoms with Crippen LogP contribution in [0.15, 0.2) is 12.1 Å². The highest BCUT2D eigenvalue weighted by atomic mass is 16.5. The van der Waals surface area contributed by atoms with Crippen molar-refractivity contribution in [2.24, 2.45) is 7.05 Å². The Morgan fingerprint density at radius 1 is 1.57 bits per heavy atom. The van der Waals surface area contributed by atoms with E-state index < -0.39 is 0 Å². The van der Waals surface area contributed by atoms with Crippen LogP contribution in [0.5, 0.6) is 0 Å². The van der Waals surface area contributed by atoms with E-state index in [-0.39, 0.29) is 12.4 Å². The van der Waals surface area contributed by atoms with Crippen molar-refractivity contribution in [3.8, 4) is 0 Å². The lowest BCUT2D eigenvalue weighted by Gasteiger charge is -2.04. The number of aldehydes is 1. The summed E-state index contributed by atoms with van der Waals surface area (Å²) in [6.07, 6.45) is 0.965. The molecule has 0 unspecified atom stereocenters. The molecule has 0 saturated heterocycles. The first-order chi connectivity index (χ1) is 6.69. The predicted octanol–water partition coefficient (Wildman–Crippen LogP) is 0.943. The maximum Gasteiger partial charge on any atom is 0.311 e. The molecule has 0 atom stereocenters. The number of nitrogens with zero attached hydrogens (tertiary/aromatic N) is 1. The topological polar surface area (TPSA) is 48.3 Å².